The molecule has 0 aliphatic carbocycles. The largest absolute Gasteiger partial charge is 0.379 e. The Hall–Kier alpha value is -3.27. The molecule has 1 aromatic heterocycles. The van der Waals surface area contributed by atoms with Gasteiger partial charge in [-0.3, -0.25) is 4.79 Å². The molecular formula is C26H28N4O4S. The van der Waals surface area contributed by atoms with Gasteiger partial charge in [-0.15, -0.1) is 0 Å². The molecule has 9 heteroatoms. The number of sulfonamides is 1. The maximum atomic E-state index is 13.1. The zero-order chi connectivity index (χ0) is 24.4. The van der Waals surface area contributed by atoms with E-state index in [-0.39, 0.29) is 17.2 Å². The van der Waals surface area contributed by atoms with Crippen molar-refractivity contribution in [1.29, 1.82) is 0 Å². The summed E-state index contributed by atoms with van der Waals surface area (Å²) < 4.78 is 34.9. The number of carbonyl (C=O) groups excluding carboxylic acids is 1. The number of nitrogens with zero attached hydrogens (tertiary/aromatic N) is 3. The van der Waals surface area contributed by atoms with Crippen LogP contribution >= 0.6 is 0 Å². The zero-order valence-electron chi connectivity index (χ0n) is 19.6. The lowest BCUT2D eigenvalue weighted by Crippen LogP contribution is -2.40. The quantitative estimate of drug-likeness (QED) is 0.424. The van der Waals surface area contributed by atoms with Crippen LogP contribution in [0.2, 0.25) is 0 Å². The van der Waals surface area contributed by atoms with Crippen molar-refractivity contribution in [1.82, 2.24) is 13.9 Å². The molecule has 35 heavy (non-hydrogen) atoms. The molecule has 5 rings (SSSR count). The molecule has 0 unspecified atom stereocenters. The molecule has 0 spiro atoms. The molecular weight excluding hydrogens is 464 g/mol. The Morgan fingerprint density at radius 1 is 1.06 bits per heavy atom. The molecule has 0 radical (unpaired) electrons. The highest BCUT2D eigenvalue weighted by Gasteiger charge is 2.27. The van der Waals surface area contributed by atoms with Crippen LogP contribution in [0.4, 0.5) is 5.69 Å². The smallest absolute Gasteiger partial charge is 0.243 e. The van der Waals surface area contributed by atoms with E-state index >= 15 is 0 Å². The monoisotopic (exact) mass is 492 g/mol. The van der Waals surface area contributed by atoms with Crippen molar-refractivity contribution >= 4 is 43.4 Å². The van der Waals surface area contributed by atoms with Crippen molar-refractivity contribution in [3.05, 3.63) is 66.5 Å². The molecule has 1 aliphatic rings. The molecule has 0 atom stereocenters. The van der Waals surface area contributed by atoms with Crippen molar-refractivity contribution in [2.24, 2.45) is 0 Å². The summed E-state index contributed by atoms with van der Waals surface area (Å²) >= 11 is 0. The number of hydrogen-bond acceptors (Lipinski definition) is 5. The number of hydrogen-bond donors (Lipinski definition) is 1. The first-order valence-corrected chi connectivity index (χ1v) is 13.3. The lowest BCUT2D eigenvalue weighted by Gasteiger charge is -2.26. The molecule has 1 N–H and O–H groups in total. The summed E-state index contributed by atoms with van der Waals surface area (Å²) in [6.45, 7) is 4.18. The molecule has 4 aromatic rings. The Balaban J connectivity index is 1.35. The number of fused-ring (bicyclic) bond motifs is 2. The lowest BCUT2D eigenvalue weighted by molar-refractivity contribution is -0.116. The minimum Gasteiger partial charge on any atom is -0.379 e. The van der Waals surface area contributed by atoms with E-state index in [9.17, 15) is 13.2 Å². The first-order chi connectivity index (χ1) is 17.0. The van der Waals surface area contributed by atoms with Gasteiger partial charge in [0.25, 0.3) is 0 Å². The van der Waals surface area contributed by atoms with Crippen molar-refractivity contribution in [2.75, 3.05) is 31.6 Å². The minimum atomic E-state index is -3.60. The molecule has 3 aromatic carbocycles. The Kier molecular flexibility index (Phi) is 6.55. The number of ether oxygens (including phenoxy) is 1. The lowest BCUT2D eigenvalue weighted by atomic mass is 10.1. The molecule has 2 heterocycles. The van der Waals surface area contributed by atoms with Gasteiger partial charge in [-0.2, -0.15) is 4.31 Å². The first-order valence-electron chi connectivity index (χ1n) is 11.8. The maximum Gasteiger partial charge on any atom is 0.243 e. The normalized spacial score (nSPS) is 15.0. The van der Waals surface area contributed by atoms with Crippen molar-refractivity contribution in [3.63, 3.8) is 0 Å². The number of benzene rings is 3. The van der Waals surface area contributed by atoms with Crippen LogP contribution in [-0.4, -0.2) is 54.5 Å². The number of anilines is 1. The van der Waals surface area contributed by atoms with Gasteiger partial charge in [0.2, 0.25) is 15.9 Å². The summed E-state index contributed by atoms with van der Waals surface area (Å²) in [5.74, 6) is 0.670. The summed E-state index contributed by atoms with van der Waals surface area (Å²) in [7, 11) is -3.60. The van der Waals surface area contributed by atoms with Crippen LogP contribution in [0.3, 0.4) is 0 Å². The summed E-state index contributed by atoms with van der Waals surface area (Å²) in [6.07, 6.45) is 0.718. The van der Waals surface area contributed by atoms with E-state index in [1.165, 1.54) is 4.31 Å². The highest BCUT2D eigenvalue weighted by Crippen LogP contribution is 2.25. The van der Waals surface area contributed by atoms with E-state index in [0.29, 0.717) is 44.8 Å². The maximum absolute atomic E-state index is 13.1. The summed E-state index contributed by atoms with van der Waals surface area (Å²) in [5.41, 5.74) is 2.26. The van der Waals surface area contributed by atoms with Crippen molar-refractivity contribution in [3.8, 4) is 0 Å². The van der Waals surface area contributed by atoms with E-state index in [1.807, 2.05) is 54.0 Å². The number of aryl methyl sites for hydroxylation is 2. The van der Waals surface area contributed by atoms with Gasteiger partial charge >= 0.3 is 0 Å². The van der Waals surface area contributed by atoms with Crippen LogP contribution in [0.25, 0.3) is 21.8 Å². The van der Waals surface area contributed by atoms with Crippen LogP contribution in [0.5, 0.6) is 0 Å². The first kappa shape index (κ1) is 23.5. The standard InChI is InChI=1S/C26H28N4O4S/c1-2-30-24-11-10-20(35(32,33)29-14-16-34-17-15-29)18-23(24)27-25(30)12-13-26(31)28-22-9-5-7-19-6-3-4-8-21(19)22/h3-11,18H,2,12-17H2,1H3,(H,28,31). The molecule has 1 amide bonds. The highest BCUT2D eigenvalue weighted by molar-refractivity contribution is 7.89. The Bertz CT molecular complexity index is 1480. The number of aromatic nitrogens is 2. The third-order valence-electron chi connectivity index (χ3n) is 6.36. The van der Waals surface area contributed by atoms with Gasteiger partial charge in [-0.1, -0.05) is 36.4 Å². The predicted molar refractivity (Wildman–Crippen MR) is 136 cm³/mol. The number of amides is 1. The SMILES string of the molecule is CCn1c(CCC(=O)Nc2cccc3ccccc23)nc2cc(S(=O)(=O)N3CCOCC3)ccc21. The third kappa shape index (κ3) is 4.67. The number of nitrogens with one attached hydrogen (secondary N) is 1. The Morgan fingerprint density at radius 2 is 1.83 bits per heavy atom. The van der Waals surface area contributed by atoms with Gasteiger partial charge in [0, 0.05) is 43.5 Å². The molecule has 1 aliphatic heterocycles. The molecule has 182 valence electrons. The van der Waals surface area contributed by atoms with Crippen molar-refractivity contribution in [2.45, 2.75) is 31.2 Å². The Morgan fingerprint density at radius 3 is 2.63 bits per heavy atom. The van der Waals surface area contributed by atoms with E-state index < -0.39 is 10.0 Å². The van der Waals surface area contributed by atoms with Gasteiger partial charge < -0.3 is 14.6 Å². The average molecular weight is 493 g/mol. The number of imidazole rings is 1. The van der Waals surface area contributed by atoms with Crippen LogP contribution in [-0.2, 0) is 32.5 Å². The Labute approximate surface area is 204 Å². The summed E-state index contributed by atoms with van der Waals surface area (Å²) in [5, 5.41) is 5.09. The second-order valence-corrected chi connectivity index (χ2v) is 10.5. The fraction of sp³-hybridized carbons (Fsp3) is 0.308. The second kappa shape index (κ2) is 9.77. The van der Waals surface area contributed by atoms with Crippen LogP contribution in [0.15, 0.2) is 65.6 Å². The second-order valence-electron chi connectivity index (χ2n) is 8.51. The van der Waals surface area contributed by atoms with Gasteiger partial charge in [-0.25, -0.2) is 13.4 Å². The van der Waals surface area contributed by atoms with E-state index in [0.717, 1.165) is 27.8 Å². The molecule has 0 bridgehead atoms. The molecule has 1 fully saturated rings. The predicted octanol–water partition coefficient (Wildman–Crippen LogP) is 3.80. The number of carbonyl (C=O) groups is 1. The zero-order valence-corrected chi connectivity index (χ0v) is 20.4. The van der Waals surface area contributed by atoms with Crippen LogP contribution in [0, 0.1) is 0 Å². The fourth-order valence-corrected chi connectivity index (χ4v) is 6.00. The number of rotatable bonds is 7. The summed E-state index contributed by atoms with van der Waals surface area (Å²) in [4.78, 5) is 17.7. The molecule has 8 nitrogen and oxygen atoms in total. The minimum absolute atomic E-state index is 0.0911. The van der Waals surface area contributed by atoms with E-state index in [1.54, 1.807) is 18.2 Å². The van der Waals surface area contributed by atoms with E-state index in [4.69, 9.17) is 9.72 Å². The van der Waals surface area contributed by atoms with Gasteiger partial charge in [0.05, 0.1) is 29.1 Å². The summed E-state index contributed by atoms with van der Waals surface area (Å²) in [6, 6.07) is 18.8. The number of morpholine rings is 1. The average Bonchev–Trinajstić information content (AvgIpc) is 3.25. The third-order valence-corrected chi connectivity index (χ3v) is 8.26. The molecule has 0 saturated carbocycles. The fourth-order valence-electron chi connectivity index (χ4n) is 4.57. The van der Waals surface area contributed by atoms with Gasteiger partial charge in [0.15, 0.2) is 0 Å². The molecule has 1 saturated heterocycles. The van der Waals surface area contributed by atoms with Gasteiger partial charge in [0.1, 0.15) is 5.82 Å². The van der Waals surface area contributed by atoms with Crippen LogP contribution in [0.1, 0.15) is 19.2 Å². The van der Waals surface area contributed by atoms with Gasteiger partial charge in [-0.05, 0) is 36.6 Å². The van der Waals surface area contributed by atoms with E-state index in [2.05, 4.69) is 5.32 Å². The topological polar surface area (TPSA) is 93.5 Å². The van der Waals surface area contributed by atoms with Crippen molar-refractivity contribution < 1.29 is 17.9 Å². The van der Waals surface area contributed by atoms with Crippen LogP contribution < -0.4 is 5.32 Å². The highest BCUT2D eigenvalue weighted by atomic mass is 32.2.